The zero-order valence-electron chi connectivity index (χ0n) is 8.34. The Morgan fingerprint density at radius 1 is 1.38 bits per heavy atom. The lowest BCUT2D eigenvalue weighted by molar-refractivity contribution is -0.122. The molecule has 1 aliphatic carbocycles. The van der Waals surface area contributed by atoms with Crippen molar-refractivity contribution in [2.24, 2.45) is 5.92 Å². The average molecular weight is 279 g/mol. The highest BCUT2D eigenvalue weighted by atomic mass is 35.5. The third-order valence-corrected chi connectivity index (χ3v) is 3.61. The van der Waals surface area contributed by atoms with Crippen LogP contribution in [0.1, 0.15) is 12.0 Å². The van der Waals surface area contributed by atoms with Crippen LogP contribution < -0.4 is 5.32 Å². The summed E-state index contributed by atoms with van der Waals surface area (Å²) in [6.07, 6.45) is 0.530. The van der Waals surface area contributed by atoms with E-state index in [1.165, 1.54) is 0 Å². The molecule has 1 atom stereocenters. The maximum Gasteiger partial charge on any atom is 0.226 e. The van der Waals surface area contributed by atoms with Crippen molar-refractivity contribution in [1.29, 1.82) is 0 Å². The highest BCUT2D eigenvalue weighted by Crippen LogP contribution is 2.53. The van der Waals surface area contributed by atoms with Gasteiger partial charge < -0.3 is 5.32 Å². The molecule has 86 valence electrons. The van der Waals surface area contributed by atoms with E-state index in [-0.39, 0.29) is 11.8 Å². The van der Waals surface area contributed by atoms with Gasteiger partial charge >= 0.3 is 0 Å². The van der Waals surface area contributed by atoms with Crippen molar-refractivity contribution in [2.75, 3.05) is 0 Å². The number of amides is 1. The van der Waals surface area contributed by atoms with E-state index >= 15 is 0 Å². The Bertz CT molecular complexity index is 402. The zero-order chi connectivity index (χ0) is 11.8. The highest BCUT2D eigenvalue weighted by Gasteiger charge is 2.56. The Morgan fingerprint density at radius 2 is 1.94 bits per heavy atom. The fraction of sp³-hybridized carbons (Fsp3) is 0.364. The molecule has 0 aromatic heterocycles. The number of hydrogen-bond acceptors (Lipinski definition) is 1. The minimum atomic E-state index is -0.857. The summed E-state index contributed by atoms with van der Waals surface area (Å²) < 4.78 is -0.857. The molecule has 1 aliphatic rings. The van der Waals surface area contributed by atoms with Crippen molar-refractivity contribution in [1.82, 2.24) is 5.32 Å². The van der Waals surface area contributed by atoms with Gasteiger partial charge in [-0.1, -0.05) is 23.7 Å². The van der Waals surface area contributed by atoms with E-state index in [4.69, 9.17) is 34.8 Å². The molecule has 0 saturated heterocycles. The molecule has 5 heteroatoms. The van der Waals surface area contributed by atoms with Gasteiger partial charge in [-0.2, -0.15) is 0 Å². The summed E-state index contributed by atoms with van der Waals surface area (Å²) >= 11 is 17.3. The maximum atomic E-state index is 11.6. The van der Waals surface area contributed by atoms with Crippen LogP contribution in [0.4, 0.5) is 0 Å². The predicted molar refractivity (Wildman–Crippen MR) is 65.8 cm³/mol. The Labute approximate surface area is 109 Å². The molecular formula is C11H10Cl3NO. The van der Waals surface area contributed by atoms with Gasteiger partial charge in [-0.3, -0.25) is 4.79 Å². The molecule has 0 radical (unpaired) electrons. The number of rotatable bonds is 3. The Balaban J connectivity index is 1.84. The number of nitrogens with one attached hydrogen (secondary N) is 1. The Kier molecular flexibility index (Phi) is 3.34. The number of carbonyl (C=O) groups is 1. The largest absolute Gasteiger partial charge is 0.352 e. The van der Waals surface area contributed by atoms with E-state index in [1.54, 1.807) is 12.1 Å². The normalized spacial score (nSPS) is 21.6. The van der Waals surface area contributed by atoms with E-state index in [0.717, 1.165) is 5.56 Å². The number of alkyl halides is 2. The summed E-state index contributed by atoms with van der Waals surface area (Å²) in [7, 11) is 0. The van der Waals surface area contributed by atoms with E-state index < -0.39 is 4.33 Å². The SMILES string of the molecule is O=C(NCc1ccc(Cl)cc1)[C@@H]1CC1(Cl)Cl. The molecule has 2 rings (SSSR count). The molecule has 1 aromatic rings. The second-order valence-corrected chi connectivity index (χ2v) is 5.84. The molecule has 1 amide bonds. The van der Waals surface area contributed by atoms with Crippen molar-refractivity contribution in [3.8, 4) is 0 Å². The zero-order valence-corrected chi connectivity index (χ0v) is 10.6. The molecule has 1 N–H and O–H groups in total. The molecule has 2 nitrogen and oxygen atoms in total. The minimum absolute atomic E-state index is 0.0973. The molecule has 1 fully saturated rings. The number of halogens is 3. The van der Waals surface area contributed by atoms with E-state index in [0.29, 0.717) is 18.0 Å². The molecule has 16 heavy (non-hydrogen) atoms. The van der Waals surface area contributed by atoms with Gasteiger partial charge in [0, 0.05) is 11.6 Å². The van der Waals surface area contributed by atoms with Crippen molar-refractivity contribution < 1.29 is 4.79 Å². The van der Waals surface area contributed by atoms with E-state index in [9.17, 15) is 4.79 Å². The van der Waals surface area contributed by atoms with Crippen LogP contribution in [0.15, 0.2) is 24.3 Å². The summed E-state index contributed by atoms with van der Waals surface area (Å²) in [4.78, 5) is 11.6. The maximum absolute atomic E-state index is 11.6. The number of hydrogen-bond donors (Lipinski definition) is 1. The van der Waals surface area contributed by atoms with Crippen molar-refractivity contribution in [3.63, 3.8) is 0 Å². The molecule has 0 spiro atoms. The van der Waals surface area contributed by atoms with Crippen LogP contribution >= 0.6 is 34.8 Å². The third-order valence-electron chi connectivity index (χ3n) is 2.52. The first-order valence-corrected chi connectivity index (χ1v) is 6.02. The molecule has 0 heterocycles. The average Bonchev–Trinajstić information content (AvgIpc) is 2.87. The van der Waals surface area contributed by atoms with Gasteiger partial charge in [-0.25, -0.2) is 0 Å². The number of benzene rings is 1. The quantitative estimate of drug-likeness (QED) is 0.846. The highest BCUT2D eigenvalue weighted by molar-refractivity contribution is 6.52. The summed E-state index contributed by atoms with van der Waals surface area (Å²) in [6.45, 7) is 0.469. The lowest BCUT2D eigenvalue weighted by atomic mass is 10.2. The Morgan fingerprint density at radius 3 is 2.44 bits per heavy atom. The predicted octanol–water partition coefficient (Wildman–Crippen LogP) is 3.15. The van der Waals surface area contributed by atoms with Gasteiger partial charge in [0.25, 0.3) is 0 Å². The van der Waals surface area contributed by atoms with Gasteiger partial charge in [0.15, 0.2) is 0 Å². The Hall–Kier alpha value is -0.440. The van der Waals surface area contributed by atoms with Crippen LogP contribution in [-0.4, -0.2) is 10.2 Å². The second kappa shape index (κ2) is 4.44. The molecule has 1 saturated carbocycles. The summed E-state index contributed by atoms with van der Waals surface area (Å²) in [5, 5.41) is 3.46. The topological polar surface area (TPSA) is 29.1 Å². The van der Waals surface area contributed by atoms with Crippen LogP contribution in [0.25, 0.3) is 0 Å². The first-order chi connectivity index (χ1) is 7.49. The van der Waals surface area contributed by atoms with Gasteiger partial charge in [-0.15, -0.1) is 23.2 Å². The summed E-state index contributed by atoms with van der Waals surface area (Å²) in [5.74, 6) is -0.372. The molecule has 0 bridgehead atoms. The van der Waals surface area contributed by atoms with E-state index in [1.807, 2.05) is 12.1 Å². The molecular weight excluding hydrogens is 268 g/mol. The fourth-order valence-corrected chi connectivity index (χ4v) is 2.05. The van der Waals surface area contributed by atoms with Gasteiger partial charge in [0.05, 0.1) is 5.92 Å². The van der Waals surface area contributed by atoms with Gasteiger partial charge in [0.2, 0.25) is 5.91 Å². The van der Waals surface area contributed by atoms with Crippen LogP contribution in [0, 0.1) is 5.92 Å². The van der Waals surface area contributed by atoms with Crippen LogP contribution in [0.2, 0.25) is 5.02 Å². The summed E-state index contributed by atoms with van der Waals surface area (Å²) in [5.41, 5.74) is 0.994. The van der Waals surface area contributed by atoms with Crippen LogP contribution in [0.5, 0.6) is 0 Å². The molecule has 1 aromatic carbocycles. The third kappa shape index (κ3) is 2.82. The van der Waals surface area contributed by atoms with Crippen molar-refractivity contribution in [2.45, 2.75) is 17.3 Å². The summed E-state index contributed by atoms with van der Waals surface area (Å²) in [6, 6.07) is 7.30. The second-order valence-electron chi connectivity index (χ2n) is 3.86. The van der Waals surface area contributed by atoms with Crippen LogP contribution in [-0.2, 0) is 11.3 Å². The van der Waals surface area contributed by atoms with Gasteiger partial charge in [0.1, 0.15) is 4.33 Å². The monoisotopic (exact) mass is 277 g/mol. The molecule has 0 aliphatic heterocycles. The minimum Gasteiger partial charge on any atom is -0.352 e. The van der Waals surface area contributed by atoms with Gasteiger partial charge in [-0.05, 0) is 24.1 Å². The number of carbonyl (C=O) groups excluding carboxylic acids is 1. The van der Waals surface area contributed by atoms with Crippen molar-refractivity contribution in [3.05, 3.63) is 34.9 Å². The lowest BCUT2D eigenvalue weighted by Crippen LogP contribution is -2.26. The first-order valence-electron chi connectivity index (χ1n) is 4.89. The van der Waals surface area contributed by atoms with Crippen molar-refractivity contribution >= 4 is 40.7 Å². The van der Waals surface area contributed by atoms with Crippen LogP contribution in [0.3, 0.4) is 0 Å². The standard InChI is InChI=1S/C11H10Cl3NO/c12-8-3-1-7(2-4-8)6-15-10(16)9-5-11(9,13)14/h1-4,9H,5-6H2,(H,15,16)/t9-/m0/s1. The smallest absolute Gasteiger partial charge is 0.226 e. The first kappa shape index (κ1) is 12.0. The lowest BCUT2D eigenvalue weighted by Gasteiger charge is -2.05. The fourth-order valence-electron chi connectivity index (χ4n) is 1.41. The molecule has 0 unspecified atom stereocenters. The van der Waals surface area contributed by atoms with E-state index in [2.05, 4.69) is 5.32 Å².